The Morgan fingerprint density at radius 1 is 1.15 bits per heavy atom. The van der Waals surface area contributed by atoms with Crippen molar-refractivity contribution in [3.63, 3.8) is 0 Å². The second-order valence-corrected chi connectivity index (χ2v) is 7.93. The molecule has 0 radical (unpaired) electrons. The molecule has 20 heavy (non-hydrogen) atoms. The number of nitrogens with zero attached hydrogens (tertiary/aromatic N) is 1. The van der Waals surface area contributed by atoms with Crippen molar-refractivity contribution >= 4 is 0 Å². The van der Waals surface area contributed by atoms with Crippen molar-refractivity contribution in [1.82, 2.24) is 10.2 Å². The van der Waals surface area contributed by atoms with Crippen LogP contribution in [0.25, 0.3) is 0 Å². The normalized spacial score (nSPS) is 38.9. The van der Waals surface area contributed by atoms with E-state index in [1.807, 2.05) is 0 Å². The van der Waals surface area contributed by atoms with E-state index in [1.54, 1.807) is 0 Å². The number of nitrogens with one attached hydrogen (secondary N) is 1. The maximum Gasteiger partial charge on any atom is 0.0337 e. The zero-order valence-electron chi connectivity index (χ0n) is 13.8. The fourth-order valence-corrected chi connectivity index (χ4v) is 4.76. The van der Waals surface area contributed by atoms with E-state index in [1.165, 1.54) is 64.5 Å². The molecule has 2 nitrogen and oxygen atoms in total. The summed E-state index contributed by atoms with van der Waals surface area (Å²) in [6.45, 7) is 9.86. The van der Waals surface area contributed by atoms with E-state index in [9.17, 15) is 0 Å². The summed E-state index contributed by atoms with van der Waals surface area (Å²) in [4.78, 5) is 2.89. The molecule has 1 aliphatic heterocycles. The highest BCUT2D eigenvalue weighted by atomic mass is 15.3. The van der Waals surface area contributed by atoms with E-state index >= 15 is 0 Å². The Balaban J connectivity index is 1.70. The highest BCUT2D eigenvalue weighted by Gasteiger charge is 2.50. The first-order chi connectivity index (χ1) is 9.65. The molecule has 2 saturated carbocycles. The first-order valence-corrected chi connectivity index (χ1v) is 9.15. The quantitative estimate of drug-likeness (QED) is 0.841. The zero-order chi connectivity index (χ0) is 14.2. The average molecular weight is 278 g/mol. The van der Waals surface area contributed by atoms with Crippen LogP contribution in [0, 0.1) is 11.8 Å². The van der Waals surface area contributed by atoms with Crippen molar-refractivity contribution < 1.29 is 0 Å². The first-order valence-electron chi connectivity index (χ1n) is 9.15. The van der Waals surface area contributed by atoms with E-state index in [-0.39, 0.29) is 0 Å². The van der Waals surface area contributed by atoms with Crippen LogP contribution in [-0.2, 0) is 0 Å². The van der Waals surface area contributed by atoms with Crippen LogP contribution in [0.4, 0.5) is 0 Å². The molecule has 0 bridgehead atoms. The van der Waals surface area contributed by atoms with Crippen molar-refractivity contribution in [2.45, 2.75) is 89.8 Å². The van der Waals surface area contributed by atoms with E-state index in [0.29, 0.717) is 5.54 Å². The van der Waals surface area contributed by atoms with E-state index in [0.717, 1.165) is 23.9 Å². The van der Waals surface area contributed by atoms with Crippen LogP contribution >= 0.6 is 0 Å². The third kappa shape index (κ3) is 2.78. The summed E-state index contributed by atoms with van der Waals surface area (Å²) in [5.41, 5.74) is 0.431. The predicted octanol–water partition coefficient (Wildman–Crippen LogP) is 3.81. The Bertz CT molecular complexity index is 319. The molecule has 0 aromatic rings. The molecule has 2 heteroatoms. The molecule has 3 rings (SSSR count). The third-order valence-corrected chi connectivity index (χ3v) is 6.57. The molecule has 3 aliphatic rings. The lowest BCUT2D eigenvalue weighted by atomic mass is 9.79. The molecule has 1 saturated heterocycles. The summed E-state index contributed by atoms with van der Waals surface area (Å²) >= 11 is 0. The number of rotatable bonds is 4. The highest BCUT2D eigenvalue weighted by molar-refractivity contribution is 5.06. The summed E-state index contributed by atoms with van der Waals surface area (Å²) in [5, 5.41) is 3.97. The Labute approximate surface area is 125 Å². The second-order valence-electron chi connectivity index (χ2n) is 7.93. The second kappa shape index (κ2) is 5.96. The maximum atomic E-state index is 3.97. The molecule has 116 valence electrons. The molecule has 1 N–H and O–H groups in total. The van der Waals surface area contributed by atoms with Crippen molar-refractivity contribution in [2.75, 3.05) is 13.1 Å². The Kier molecular flexibility index (Phi) is 4.42. The molecule has 3 atom stereocenters. The molecule has 2 aliphatic carbocycles. The van der Waals surface area contributed by atoms with E-state index in [4.69, 9.17) is 0 Å². The van der Waals surface area contributed by atoms with Gasteiger partial charge in [-0.3, -0.25) is 4.90 Å². The lowest BCUT2D eigenvalue weighted by molar-refractivity contribution is -0.0114. The van der Waals surface area contributed by atoms with Crippen LogP contribution in [0.2, 0.25) is 0 Å². The SMILES string of the molecule is CCC(C)N1CC(C2CCCCC2)NCC1(C)C1CC1. The smallest absolute Gasteiger partial charge is 0.0337 e. The highest BCUT2D eigenvalue weighted by Crippen LogP contribution is 2.45. The fourth-order valence-electron chi connectivity index (χ4n) is 4.76. The van der Waals surface area contributed by atoms with Gasteiger partial charge >= 0.3 is 0 Å². The van der Waals surface area contributed by atoms with Crippen LogP contribution in [0.3, 0.4) is 0 Å². The molecular weight excluding hydrogens is 244 g/mol. The molecule has 1 heterocycles. The molecule has 3 fully saturated rings. The van der Waals surface area contributed by atoms with Gasteiger partial charge < -0.3 is 5.32 Å². The van der Waals surface area contributed by atoms with Crippen LogP contribution in [0.5, 0.6) is 0 Å². The van der Waals surface area contributed by atoms with Crippen molar-refractivity contribution in [3.8, 4) is 0 Å². The monoisotopic (exact) mass is 278 g/mol. The van der Waals surface area contributed by atoms with Gasteiger partial charge in [-0.25, -0.2) is 0 Å². The largest absolute Gasteiger partial charge is 0.311 e. The zero-order valence-corrected chi connectivity index (χ0v) is 13.8. The topological polar surface area (TPSA) is 15.3 Å². The standard InChI is InChI=1S/C18H34N2/c1-4-14(2)20-12-17(15-8-6-5-7-9-15)19-13-18(20,3)16-10-11-16/h14-17,19H,4-13H2,1-3H3. The van der Waals surface area contributed by atoms with Crippen molar-refractivity contribution in [2.24, 2.45) is 11.8 Å². The Hall–Kier alpha value is -0.0800. The van der Waals surface area contributed by atoms with Gasteiger partial charge in [0.25, 0.3) is 0 Å². The van der Waals surface area contributed by atoms with Crippen molar-refractivity contribution in [3.05, 3.63) is 0 Å². The third-order valence-electron chi connectivity index (χ3n) is 6.57. The minimum Gasteiger partial charge on any atom is -0.311 e. The van der Waals surface area contributed by atoms with Gasteiger partial charge in [0, 0.05) is 30.7 Å². The molecule has 0 amide bonds. The minimum absolute atomic E-state index is 0.431. The van der Waals surface area contributed by atoms with Crippen LogP contribution in [0.15, 0.2) is 0 Å². The number of piperazine rings is 1. The van der Waals surface area contributed by atoms with Crippen LogP contribution in [0.1, 0.15) is 72.1 Å². The number of hydrogen-bond donors (Lipinski definition) is 1. The molecular formula is C18H34N2. The minimum atomic E-state index is 0.431. The average Bonchev–Trinajstić information content (AvgIpc) is 3.33. The van der Waals surface area contributed by atoms with Gasteiger partial charge in [-0.15, -0.1) is 0 Å². The van der Waals surface area contributed by atoms with Gasteiger partial charge in [-0.1, -0.05) is 26.2 Å². The summed E-state index contributed by atoms with van der Waals surface area (Å²) < 4.78 is 0. The predicted molar refractivity (Wildman–Crippen MR) is 86.0 cm³/mol. The lowest BCUT2D eigenvalue weighted by Gasteiger charge is -2.53. The van der Waals surface area contributed by atoms with E-state index < -0.39 is 0 Å². The van der Waals surface area contributed by atoms with Gasteiger partial charge in [0.2, 0.25) is 0 Å². The van der Waals surface area contributed by atoms with Crippen LogP contribution in [-0.4, -0.2) is 35.6 Å². The summed E-state index contributed by atoms with van der Waals surface area (Å²) in [5.74, 6) is 1.90. The van der Waals surface area contributed by atoms with Crippen LogP contribution < -0.4 is 5.32 Å². The molecule has 3 unspecified atom stereocenters. The first kappa shape index (κ1) is 14.8. The van der Waals surface area contributed by atoms with E-state index in [2.05, 4.69) is 31.0 Å². The summed E-state index contributed by atoms with van der Waals surface area (Å²) in [6.07, 6.45) is 11.5. The Morgan fingerprint density at radius 2 is 1.85 bits per heavy atom. The number of hydrogen-bond acceptors (Lipinski definition) is 2. The molecule has 0 aromatic heterocycles. The van der Waals surface area contributed by atoms with Gasteiger partial charge in [-0.2, -0.15) is 0 Å². The maximum absolute atomic E-state index is 3.97. The molecule has 0 aromatic carbocycles. The fraction of sp³-hybridized carbons (Fsp3) is 1.00. The van der Waals surface area contributed by atoms with Gasteiger partial charge in [0.05, 0.1) is 0 Å². The summed E-state index contributed by atoms with van der Waals surface area (Å²) in [6, 6.07) is 1.50. The van der Waals surface area contributed by atoms with Gasteiger partial charge in [0.1, 0.15) is 0 Å². The van der Waals surface area contributed by atoms with Gasteiger partial charge in [0.15, 0.2) is 0 Å². The Morgan fingerprint density at radius 3 is 2.45 bits per heavy atom. The lowest BCUT2D eigenvalue weighted by Crippen LogP contribution is -2.67. The van der Waals surface area contributed by atoms with Gasteiger partial charge in [-0.05, 0) is 57.8 Å². The molecule has 0 spiro atoms. The van der Waals surface area contributed by atoms with Crippen molar-refractivity contribution in [1.29, 1.82) is 0 Å². The summed E-state index contributed by atoms with van der Waals surface area (Å²) in [7, 11) is 0.